The molecule has 1 N–H and O–H groups in total. The second-order valence-corrected chi connectivity index (χ2v) is 5.50. The third-order valence-corrected chi connectivity index (χ3v) is 3.67. The quantitative estimate of drug-likeness (QED) is 0.684. The van der Waals surface area contributed by atoms with Gasteiger partial charge in [0.05, 0.1) is 0 Å². The van der Waals surface area contributed by atoms with Crippen molar-refractivity contribution in [3.63, 3.8) is 0 Å². The molecule has 0 aliphatic heterocycles. The Morgan fingerprint density at radius 3 is 2.48 bits per heavy atom. The number of hydrogen-bond donors (Lipinski definition) is 1. The highest BCUT2D eigenvalue weighted by Gasteiger charge is 2.16. The summed E-state index contributed by atoms with van der Waals surface area (Å²) in [6.45, 7) is 3.34. The summed E-state index contributed by atoms with van der Waals surface area (Å²) >= 11 is 0. The highest BCUT2D eigenvalue weighted by Crippen LogP contribution is 2.15. The molecule has 0 amide bonds. The van der Waals surface area contributed by atoms with Gasteiger partial charge in [-0.15, -0.1) is 0 Å². The topological polar surface area (TPSA) is 81.3 Å². The summed E-state index contributed by atoms with van der Waals surface area (Å²) < 4.78 is 3.00. The zero-order valence-corrected chi connectivity index (χ0v) is 13.5. The second-order valence-electron chi connectivity index (χ2n) is 5.50. The molecule has 0 aliphatic rings. The highest BCUT2D eigenvalue weighted by atomic mass is 16.3. The fourth-order valence-corrected chi connectivity index (χ4v) is 2.31. The Labute approximate surface area is 132 Å². The van der Waals surface area contributed by atoms with Crippen LogP contribution in [0, 0.1) is 13.8 Å². The van der Waals surface area contributed by atoms with Gasteiger partial charge in [-0.25, -0.2) is 0 Å². The van der Waals surface area contributed by atoms with E-state index in [-0.39, 0.29) is 16.7 Å². The lowest BCUT2D eigenvalue weighted by atomic mass is 10.1. The van der Waals surface area contributed by atoms with E-state index in [1.807, 2.05) is 0 Å². The average Bonchev–Trinajstić information content (AvgIpc) is 2.47. The summed E-state index contributed by atoms with van der Waals surface area (Å²) in [5, 5.41) is 9.87. The van der Waals surface area contributed by atoms with Crippen molar-refractivity contribution >= 4 is 11.9 Å². The van der Waals surface area contributed by atoms with Gasteiger partial charge < -0.3 is 14.2 Å². The van der Waals surface area contributed by atoms with Gasteiger partial charge in [-0.1, -0.05) is 0 Å². The number of pyridine rings is 2. The number of allylic oxidation sites excluding steroid dienone is 1. The normalized spacial score (nSPS) is 11.1. The molecule has 23 heavy (non-hydrogen) atoms. The van der Waals surface area contributed by atoms with Crippen LogP contribution >= 0.6 is 0 Å². The zero-order valence-electron chi connectivity index (χ0n) is 13.5. The molecular weight excluding hydrogens is 296 g/mol. The Bertz CT molecular complexity index is 933. The number of ketones is 1. The Balaban J connectivity index is 2.47. The molecule has 6 nitrogen and oxygen atoms in total. The Hall–Kier alpha value is -2.89. The van der Waals surface area contributed by atoms with Crippen molar-refractivity contribution < 1.29 is 9.90 Å². The molecule has 2 aromatic rings. The smallest absolute Gasteiger partial charge is 0.265 e. The predicted molar refractivity (Wildman–Crippen MR) is 87.9 cm³/mol. The molecule has 120 valence electrons. The van der Waals surface area contributed by atoms with Gasteiger partial charge in [-0.3, -0.25) is 14.4 Å². The molecular formula is C17H18N2O4. The summed E-state index contributed by atoms with van der Waals surface area (Å²) in [6.07, 6.45) is 5.76. The second kappa shape index (κ2) is 6.08. The van der Waals surface area contributed by atoms with Gasteiger partial charge in [-0.05, 0) is 26.0 Å². The number of nitrogens with zero attached hydrogens (tertiary/aromatic N) is 2. The SMILES string of the molecule is Cc1cn(C)cc(/C=C/C(=O)c2c(O)cc(C)n(C)c2=O)c1=O. The Morgan fingerprint density at radius 1 is 1.17 bits per heavy atom. The lowest BCUT2D eigenvalue weighted by Gasteiger charge is -2.07. The number of aromatic nitrogens is 2. The molecule has 0 fully saturated rings. The van der Waals surface area contributed by atoms with Gasteiger partial charge in [0.2, 0.25) is 0 Å². The number of aromatic hydroxyl groups is 1. The van der Waals surface area contributed by atoms with E-state index < -0.39 is 11.3 Å². The number of carbonyl (C=O) groups excluding carboxylic acids is 1. The number of aryl methyl sites for hydroxylation is 3. The first-order valence-electron chi connectivity index (χ1n) is 7.01. The molecule has 0 bridgehead atoms. The average molecular weight is 314 g/mol. The third kappa shape index (κ3) is 3.15. The van der Waals surface area contributed by atoms with Crippen molar-refractivity contribution in [1.82, 2.24) is 9.13 Å². The monoisotopic (exact) mass is 314 g/mol. The van der Waals surface area contributed by atoms with Crippen LogP contribution < -0.4 is 11.0 Å². The van der Waals surface area contributed by atoms with Crippen LogP contribution in [-0.2, 0) is 14.1 Å². The lowest BCUT2D eigenvalue weighted by molar-refractivity contribution is 0.104. The standard InChI is InChI=1S/C17H18N2O4/c1-10-8-18(3)9-12(16(10)22)5-6-13(20)15-14(21)7-11(2)19(4)17(15)23/h5-9,21H,1-4H3/b6-5+. The molecule has 0 unspecified atom stereocenters. The van der Waals surface area contributed by atoms with Gasteiger partial charge in [0.1, 0.15) is 11.3 Å². The van der Waals surface area contributed by atoms with E-state index in [9.17, 15) is 19.5 Å². The van der Waals surface area contributed by atoms with Crippen LogP contribution in [0.25, 0.3) is 6.08 Å². The third-order valence-electron chi connectivity index (χ3n) is 3.67. The van der Waals surface area contributed by atoms with Gasteiger partial charge >= 0.3 is 0 Å². The van der Waals surface area contributed by atoms with Crippen molar-refractivity contribution in [2.45, 2.75) is 13.8 Å². The first-order valence-corrected chi connectivity index (χ1v) is 7.01. The maximum Gasteiger partial charge on any atom is 0.265 e. The van der Waals surface area contributed by atoms with Crippen molar-refractivity contribution in [3.05, 3.63) is 67.5 Å². The van der Waals surface area contributed by atoms with E-state index in [4.69, 9.17) is 0 Å². The minimum absolute atomic E-state index is 0.187. The number of hydrogen-bond acceptors (Lipinski definition) is 4. The van der Waals surface area contributed by atoms with Crippen molar-refractivity contribution in [3.8, 4) is 5.75 Å². The molecule has 0 radical (unpaired) electrons. The highest BCUT2D eigenvalue weighted by molar-refractivity contribution is 6.08. The first kappa shape index (κ1) is 16.5. The Morgan fingerprint density at radius 2 is 1.83 bits per heavy atom. The van der Waals surface area contributed by atoms with E-state index in [2.05, 4.69) is 0 Å². The summed E-state index contributed by atoms with van der Waals surface area (Å²) in [4.78, 5) is 36.4. The van der Waals surface area contributed by atoms with Crippen LogP contribution in [0.2, 0.25) is 0 Å². The van der Waals surface area contributed by atoms with Crippen LogP contribution in [0.5, 0.6) is 5.75 Å². The van der Waals surface area contributed by atoms with Gasteiger partial charge in [-0.2, -0.15) is 0 Å². The fraction of sp³-hybridized carbons (Fsp3) is 0.235. The molecule has 0 spiro atoms. The molecule has 0 aliphatic carbocycles. The van der Waals surface area contributed by atoms with E-state index in [0.29, 0.717) is 16.8 Å². The molecule has 0 saturated heterocycles. The van der Waals surface area contributed by atoms with Crippen LogP contribution in [0.3, 0.4) is 0 Å². The molecule has 0 saturated carbocycles. The van der Waals surface area contributed by atoms with Crippen LogP contribution in [0.15, 0.2) is 34.1 Å². The van der Waals surface area contributed by atoms with Crippen molar-refractivity contribution in [1.29, 1.82) is 0 Å². The molecule has 0 aromatic carbocycles. The van der Waals surface area contributed by atoms with Crippen molar-refractivity contribution in [2.24, 2.45) is 14.1 Å². The van der Waals surface area contributed by atoms with Gasteiger partial charge in [0.15, 0.2) is 11.2 Å². The van der Waals surface area contributed by atoms with Crippen molar-refractivity contribution in [2.75, 3.05) is 0 Å². The largest absolute Gasteiger partial charge is 0.507 e. The molecule has 2 aromatic heterocycles. The maximum absolute atomic E-state index is 12.2. The van der Waals surface area contributed by atoms with Gasteiger partial charge in [0, 0.05) is 49.4 Å². The lowest BCUT2D eigenvalue weighted by Crippen LogP contribution is -2.25. The maximum atomic E-state index is 12.2. The zero-order chi connectivity index (χ0) is 17.3. The van der Waals surface area contributed by atoms with E-state index >= 15 is 0 Å². The Kier molecular flexibility index (Phi) is 4.36. The van der Waals surface area contributed by atoms with Crippen LogP contribution in [0.4, 0.5) is 0 Å². The first-order chi connectivity index (χ1) is 10.7. The number of rotatable bonds is 3. The molecule has 0 atom stereocenters. The molecule has 2 rings (SSSR count). The minimum Gasteiger partial charge on any atom is -0.507 e. The number of carbonyl (C=O) groups is 1. The van der Waals surface area contributed by atoms with E-state index in [0.717, 1.165) is 6.08 Å². The van der Waals surface area contributed by atoms with E-state index in [1.165, 1.54) is 23.8 Å². The fourth-order valence-electron chi connectivity index (χ4n) is 2.31. The minimum atomic E-state index is -0.647. The van der Waals surface area contributed by atoms with E-state index in [1.54, 1.807) is 37.9 Å². The summed E-state index contributed by atoms with van der Waals surface area (Å²) in [5.74, 6) is -1.01. The van der Waals surface area contributed by atoms with Crippen LogP contribution in [0.1, 0.15) is 27.2 Å². The summed E-state index contributed by atoms with van der Waals surface area (Å²) in [5.41, 5.74) is 0.363. The van der Waals surface area contributed by atoms with Crippen LogP contribution in [-0.4, -0.2) is 20.0 Å². The summed E-state index contributed by atoms with van der Waals surface area (Å²) in [7, 11) is 3.29. The summed E-state index contributed by atoms with van der Waals surface area (Å²) in [6, 6.07) is 1.36. The molecule has 6 heteroatoms. The van der Waals surface area contributed by atoms with Gasteiger partial charge in [0.25, 0.3) is 5.56 Å². The molecule has 2 heterocycles. The predicted octanol–water partition coefficient (Wildman–Crippen LogP) is 1.30.